The van der Waals surface area contributed by atoms with E-state index in [0.29, 0.717) is 12.5 Å². The average Bonchev–Trinajstić information content (AvgIpc) is 2.81. The molecule has 0 unspecified atom stereocenters. The van der Waals surface area contributed by atoms with Crippen LogP contribution in [0.2, 0.25) is 0 Å². The summed E-state index contributed by atoms with van der Waals surface area (Å²) in [5, 5.41) is 17.2. The maximum Gasteiger partial charge on any atom is 0.358 e. The van der Waals surface area contributed by atoms with Crippen molar-refractivity contribution in [1.82, 2.24) is 15.0 Å². The Morgan fingerprint density at radius 2 is 2.00 bits per heavy atom. The maximum atomic E-state index is 11.3. The van der Waals surface area contributed by atoms with E-state index >= 15 is 0 Å². The lowest BCUT2D eigenvalue weighted by molar-refractivity contribution is 0.0687. The van der Waals surface area contributed by atoms with Gasteiger partial charge in [-0.3, -0.25) is 0 Å². The molecule has 0 bridgehead atoms. The van der Waals surface area contributed by atoms with Crippen molar-refractivity contribution in [3.05, 3.63) is 46.8 Å². The Labute approximate surface area is 130 Å². The number of aromatic carboxylic acids is 1. The van der Waals surface area contributed by atoms with Gasteiger partial charge in [0.2, 0.25) is 0 Å². The molecule has 0 amide bonds. The fraction of sp³-hybridized carbons (Fsp3) is 0.471. The molecule has 3 rings (SSSR count). The van der Waals surface area contributed by atoms with Crippen LogP contribution in [-0.2, 0) is 6.54 Å². The Kier molecular flexibility index (Phi) is 3.96. The molecule has 2 aromatic rings. The van der Waals surface area contributed by atoms with Crippen LogP contribution in [0.5, 0.6) is 0 Å². The van der Waals surface area contributed by atoms with E-state index < -0.39 is 5.97 Å². The first-order chi connectivity index (χ1) is 10.6. The predicted octanol–water partition coefficient (Wildman–Crippen LogP) is 3.42. The lowest BCUT2D eigenvalue weighted by Gasteiger charge is -2.26. The third-order valence-corrected chi connectivity index (χ3v) is 4.45. The third kappa shape index (κ3) is 2.75. The fourth-order valence-corrected chi connectivity index (χ4v) is 2.86. The van der Waals surface area contributed by atoms with Crippen LogP contribution in [0, 0.1) is 0 Å². The van der Waals surface area contributed by atoms with Crippen molar-refractivity contribution >= 4 is 5.97 Å². The molecule has 0 radical (unpaired) electrons. The molecule has 0 aliphatic heterocycles. The second-order valence-electron chi connectivity index (χ2n) is 6.31. The van der Waals surface area contributed by atoms with Gasteiger partial charge in [0.05, 0.1) is 12.2 Å². The molecule has 1 aromatic carbocycles. The summed E-state index contributed by atoms with van der Waals surface area (Å²) < 4.78 is 1.76. The zero-order chi connectivity index (χ0) is 15.7. The molecule has 0 spiro atoms. The minimum Gasteiger partial charge on any atom is -0.476 e. The van der Waals surface area contributed by atoms with E-state index in [1.807, 2.05) is 0 Å². The molecular formula is C17H21N3O2. The molecular weight excluding hydrogens is 278 g/mol. The van der Waals surface area contributed by atoms with Crippen molar-refractivity contribution in [1.29, 1.82) is 0 Å². The largest absolute Gasteiger partial charge is 0.476 e. The molecule has 5 heteroatoms. The van der Waals surface area contributed by atoms with Crippen molar-refractivity contribution in [3.8, 4) is 0 Å². The van der Waals surface area contributed by atoms with Crippen LogP contribution in [0.3, 0.4) is 0 Å². The Bertz CT molecular complexity index is 670. The molecule has 22 heavy (non-hydrogen) atoms. The highest BCUT2D eigenvalue weighted by Gasteiger charge is 2.30. The quantitative estimate of drug-likeness (QED) is 0.918. The highest BCUT2D eigenvalue weighted by Crippen LogP contribution is 2.37. The predicted molar refractivity (Wildman–Crippen MR) is 83.2 cm³/mol. The zero-order valence-electron chi connectivity index (χ0n) is 13.0. The first-order valence-corrected chi connectivity index (χ1v) is 7.81. The highest BCUT2D eigenvalue weighted by atomic mass is 16.4. The highest BCUT2D eigenvalue weighted by molar-refractivity contribution is 5.86. The molecule has 116 valence electrons. The summed E-state index contributed by atoms with van der Waals surface area (Å²) in [5.74, 6) is -0.191. The number of rotatable bonds is 5. The molecule has 1 aliphatic rings. The van der Waals surface area contributed by atoms with Crippen LogP contribution in [0.1, 0.15) is 72.3 Å². The summed E-state index contributed by atoms with van der Waals surface area (Å²) in [6.07, 6.45) is 3.21. The van der Waals surface area contributed by atoms with Gasteiger partial charge in [-0.1, -0.05) is 49.7 Å². The Morgan fingerprint density at radius 1 is 1.32 bits per heavy atom. The van der Waals surface area contributed by atoms with E-state index in [2.05, 4.69) is 48.4 Å². The standard InChI is InChI=1S/C17H21N3O2/c1-11(2)13-8-6-12(7-9-13)10-20-16(14-4-3-5-14)15(17(21)22)18-19-20/h6-9,11,14H,3-5,10H2,1-2H3,(H,21,22). The first-order valence-electron chi connectivity index (χ1n) is 7.81. The van der Waals surface area contributed by atoms with E-state index in [1.165, 1.54) is 5.56 Å². The number of hydrogen-bond acceptors (Lipinski definition) is 3. The van der Waals surface area contributed by atoms with Crippen molar-refractivity contribution in [2.75, 3.05) is 0 Å². The van der Waals surface area contributed by atoms with Gasteiger partial charge >= 0.3 is 5.97 Å². The van der Waals surface area contributed by atoms with Crippen molar-refractivity contribution < 1.29 is 9.90 Å². The molecule has 0 atom stereocenters. The van der Waals surface area contributed by atoms with Gasteiger partial charge in [0, 0.05) is 5.92 Å². The minimum atomic E-state index is -0.983. The number of nitrogens with zero attached hydrogens (tertiary/aromatic N) is 3. The SMILES string of the molecule is CC(C)c1ccc(Cn2nnc(C(=O)O)c2C2CCC2)cc1. The van der Waals surface area contributed by atoms with Crippen LogP contribution < -0.4 is 0 Å². The van der Waals surface area contributed by atoms with Crippen LogP contribution in [0.15, 0.2) is 24.3 Å². The average molecular weight is 299 g/mol. The van der Waals surface area contributed by atoms with E-state index in [0.717, 1.165) is 30.5 Å². The molecule has 1 aliphatic carbocycles. The van der Waals surface area contributed by atoms with Gasteiger partial charge in [-0.25, -0.2) is 9.48 Å². The smallest absolute Gasteiger partial charge is 0.358 e. The molecule has 5 nitrogen and oxygen atoms in total. The molecule has 1 aromatic heterocycles. The Morgan fingerprint density at radius 3 is 2.50 bits per heavy atom. The lowest BCUT2D eigenvalue weighted by Crippen LogP contribution is -2.18. The molecule has 1 saturated carbocycles. The summed E-state index contributed by atoms with van der Waals surface area (Å²) in [4.78, 5) is 11.3. The summed E-state index contributed by atoms with van der Waals surface area (Å²) in [6.45, 7) is 4.91. The van der Waals surface area contributed by atoms with E-state index in [1.54, 1.807) is 4.68 Å². The van der Waals surface area contributed by atoms with Crippen molar-refractivity contribution in [3.63, 3.8) is 0 Å². The van der Waals surface area contributed by atoms with E-state index in [-0.39, 0.29) is 11.6 Å². The summed E-state index contributed by atoms with van der Waals surface area (Å²) in [6, 6.07) is 8.42. The van der Waals surface area contributed by atoms with Crippen LogP contribution in [0.4, 0.5) is 0 Å². The van der Waals surface area contributed by atoms with Crippen LogP contribution in [0.25, 0.3) is 0 Å². The minimum absolute atomic E-state index is 0.114. The normalized spacial score (nSPS) is 15.0. The van der Waals surface area contributed by atoms with Gasteiger partial charge in [0.1, 0.15) is 0 Å². The molecule has 1 N–H and O–H groups in total. The maximum absolute atomic E-state index is 11.3. The van der Waals surface area contributed by atoms with Gasteiger partial charge in [0.15, 0.2) is 5.69 Å². The molecule has 0 saturated heterocycles. The summed E-state index contributed by atoms with van der Waals surface area (Å²) >= 11 is 0. The second-order valence-corrected chi connectivity index (χ2v) is 6.31. The number of carbonyl (C=O) groups is 1. The van der Waals surface area contributed by atoms with Gasteiger partial charge in [0.25, 0.3) is 0 Å². The summed E-state index contributed by atoms with van der Waals surface area (Å²) in [7, 11) is 0. The van der Waals surface area contributed by atoms with Gasteiger partial charge in [-0.15, -0.1) is 5.10 Å². The van der Waals surface area contributed by atoms with Gasteiger partial charge < -0.3 is 5.11 Å². The van der Waals surface area contributed by atoms with E-state index in [9.17, 15) is 9.90 Å². The Hall–Kier alpha value is -2.17. The van der Waals surface area contributed by atoms with Gasteiger partial charge in [-0.05, 0) is 29.9 Å². The van der Waals surface area contributed by atoms with E-state index in [4.69, 9.17) is 0 Å². The van der Waals surface area contributed by atoms with Crippen molar-refractivity contribution in [2.24, 2.45) is 0 Å². The zero-order valence-corrected chi connectivity index (χ0v) is 13.0. The number of carboxylic acids is 1. The van der Waals surface area contributed by atoms with Gasteiger partial charge in [-0.2, -0.15) is 0 Å². The summed E-state index contributed by atoms with van der Waals surface area (Å²) in [5.41, 5.74) is 3.31. The monoisotopic (exact) mass is 299 g/mol. The second kappa shape index (κ2) is 5.91. The van der Waals surface area contributed by atoms with Crippen molar-refractivity contribution in [2.45, 2.75) is 51.5 Å². The number of hydrogen-bond donors (Lipinski definition) is 1. The topological polar surface area (TPSA) is 68.0 Å². The molecule has 1 fully saturated rings. The number of aromatic nitrogens is 3. The first kappa shape index (κ1) is 14.8. The number of carboxylic acid groups (broad SMARTS) is 1. The molecule has 1 heterocycles. The fourth-order valence-electron chi connectivity index (χ4n) is 2.86. The number of benzene rings is 1. The lowest BCUT2D eigenvalue weighted by atomic mass is 9.82. The Balaban J connectivity index is 1.87. The third-order valence-electron chi connectivity index (χ3n) is 4.45. The van der Waals surface area contributed by atoms with Crippen LogP contribution >= 0.6 is 0 Å². The van der Waals surface area contributed by atoms with Crippen LogP contribution in [-0.4, -0.2) is 26.1 Å².